The monoisotopic (exact) mass is 278 g/mol. The largest absolute Gasteiger partial charge is 0.303 e. The molecule has 0 aromatic carbocycles. The van der Waals surface area contributed by atoms with Gasteiger partial charge in [0.25, 0.3) is 0 Å². The molecule has 116 valence electrons. The molecule has 0 amide bonds. The van der Waals surface area contributed by atoms with Crippen molar-refractivity contribution in [2.45, 2.75) is 76.8 Å². The standard InChI is InChI=1S/C18H34N2/c1-3-15-10-12-20(13-11-15)14-16-4-6-17(7-5-16)19(2)18-8-9-18/h15-18H,3-14H2,1-2H3. The van der Waals surface area contributed by atoms with Crippen LogP contribution in [0.1, 0.15) is 64.7 Å². The second-order valence-electron chi connectivity index (χ2n) is 7.72. The van der Waals surface area contributed by atoms with Crippen LogP contribution in [-0.2, 0) is 0 Å². The highest BCUT2D eigenvalue weighted by Crippen LogP contribution is 2.34. The Morgan fingerprint density at radius 1 is 0.800 bits per heavy atom. The van der Waals surface area contributed by atoms with Gasteiger partial charge in [-0.25, -0.2) is 0 Å². The summed E-state index contributed by atoms with van der Waals surface area (Å²) in [6.45, 7) is 6.51. The van der Waals surface area contributed by atoms with Crippen molar-refractivity contribution in [2.75, 3.05) is 26.7 Å². The van der Waals surface area contributed by atoms with Crippen molar-refractivity contribution in [1.29, 1.82) is 0 Å². The van der Waals surface area contributed by atoms with Gasteiger partial charge in [-0.05, 0) is 83.3 Å². The minimum atomic E-state index is 0.907. The maximum Gasteiger partial charge on any atom is 0.00963 e. The van der Waals surface area contributed by atoms with Crippen LogP contribution in [0.15, 0.2) is 0 Å². The Labute approximate surface area is 125 Å². The van der Waals surface area contributed by atoms with E-state index < -0.39 is 0 Å². The lowest BCUT2D eigenvalue weighted by molar-refractivity contribution is 0.113. The summed E-state index contributed by atoms with van der Waals surface area (Å²) in [6, 6.07) is 1.86. The van der Waals surface area contributed by atoms with Crippen LogP contribution >= 0.6 is 0 Å². The molecule has 3 rings (SSSR count). The van der Waals surface area contributed by atoms with E-state index in [4.69, 9.17) is 0 Å². The molecule has 0 bridgehead atoms. The number of hydrogen-bond donors (Lipinski definition) is 0. The van der Waals surface area contributed by atoms with Gasteiger partial charge in [0.2, 0.25) is 0 Å². The highest BCUT2D eigenvalue weighted by Gasteiger charge is 2.33. The number of piperidine rings is 1. The third-order valence-electron chi connectivity index (χ3n) is 6.32. The fourth-order valence-electron chi connectivity index (χ4n) is 4.46. The molecule has 2 nitrogen and oxygen atoms in total. The van der Waals surface area contributed by atoms with E-state index in [0.717, 1.165) is 23.9 Å². The van der Waals surface area contributed by atoms with Crippen molar-refractivity contribution < 1.29 is 0 Å². The van der Waals surface area contributed by atoms with Gasteiger partial charge in [-0.2, -0.15) is 0 Å². The number of nitrogens with zero attached hydrogens (tertiary/aromatic N) is 2. The van der Waals surface area contributed by atoms with E-state index in [2.05, 4.69) is 23.8 Å². The molecule has 2 heteroatoms. The van der Waals surface area contributed by atoms with Crippen LogP contribution in [0.5, 0.6) is 0 Å². The quantitative estimate of drug-likeness (QED) is 0.755. The van der Waals surface area contributed by atoms with E-state index in [1.807, 2.05) is 0 Å². The average molecular weight is 278 g/mol. The number of hydrogen-bond acceptors (Lipinski definition) is 2. The summed E-state index contributed by atoms with van der Waals surface area (Å²) in [6.07, 6.45) is 13.1. The molecular weight excluding hydrogens is 244 g/mol. The Bertz CT molecular complexity index is 284. The minimum Gasteiger partial charge on any atom is -0.303 e. The second-order valence-corrected chi connectivity index (χ2v) is 7.72. The maximum atomic E-state index is 2.77. The molecule has 0 spiro atoms. The van der Waals surface area contributed by atoms with E-state index in [0.29, 0.717) is 0 Å². The van der Waals surface area contributed by atoms with Crippen molar-refractivity contribution in [2.24, 2.45) is 11.8 Å². The summed E-state index contributed by atoms with van der Waals surface area (Å²) >= 11 is 0. The molecule has 2 aliphatic carbocycles. The van der Waals surface area contributed by atoms with Crippen LogP contribution in [-0.4, -0.2) is 48.6 Å². The van der Waals surface area contributed by atoms with E-state index in [9.17, 15) is 0 Å². The van der Waals surface area contributed by atoms with E-state index in [1.165, 1.54) is 77.4 Å². The Balaban J connectivity index is 1.36. The van der Waals surface area contributed by atoms with Gasteiger partial charge in [0.15, 0.2) is 0 Å². The van der Waals surface area contributed by atoms with Crippen LogP contribution < -0.4 is 0 Å². The molecule has 2 saturated carbocycles. The van der Waals surface area contributed by atoms with Gasteiger partial charge < -0.3 is 9.80 Å². The molecule has 0 unspecified atom stereocenters. The molecule has 0 atom stereocenters. The highest BCUT2D eigenvalue weighted by molar-refractivity contribution is 4.89. The van der Waals surface area contributed by atoms with Crippen molar-refractivity contribution >= 4 is 0 Å². The second kappa shape index (κ2) is 6.79. The Morgan fingerprint density at radius 2 is 1.35 bits per heavy atom. The molecular formula is C18H34N2. The lowest BCUT2D eigenvalue weighted by Crippen LogP contribution is -2.41. The Kier molecular flexibility index (Phi) is 5.04. The lowest BCUT2D eigenvalue weighted by Gasteiger charge is -2.38. The summed E-state index contributed by atoms with van der Waals surface area (Å²) in [5.41, 5.74) is 0. The molecule has 0 radical (unpaired) electrons. The minimum absolute atomic E-state index is 0.907. The van der Waals surface area contributed by atoms with Gasteiger partial charge in [0.05, 0.1) is 0 Å². The first kappa shape index (κ1) is 14.8. The van der Waals surface area contributed by atoms with Crippen LogP contribution in [0, 0.1) is 11.8 Å². The van der Waals surface area contributed by atoms with Crippen molar-refractivity contribution in [3.8, 4) is 0 Å². The zero-order chi connectivity index (χ0) is 13.9. The van der Waals surface area contributed by atoms with Crippen LogP contribution in [0.25, 0.3) is 0 Å². The molecule has 20 heavy (non-hydrogen) atoms. The first-order valence-electron chi connectivity index (χ1n) is 9.20. The van der Waals surface area contributed by atoms with Gasteiger partial charge in [-0.3, -0.25) is 0 Å². The molecule has 1 heterocycles. The average Bonchev–Trinajstić information content (AvgIpc) is 3.33. The van der Waals surface area contributed by atoms with Crippen molar-refractivity contribution in [3.05, 3.63) is 0 Å². The van der Waals surface area contributed by atoms with Gasteiger partial charge in [-0.1, -0.05) is 13.3 Å². The fourth-order valence-corrected chi connectivity index (χ4v) is 4.46. The highest BCUT2D eigenvalue weighted by atomic mass is 15.2. The molecule has 3 fully saturated rings. The molecule has 0 aromatic rings. The van der Waals surface area contributed by atoms with Crippen LogP contribution in [0.3, 0.4) is 0 Å². The zero-order valence-electron chi connectivity index (χ0n) is 13.7. The zero-order valence-corrected chi connectivity index (χ0v) is 13.7. The topological polar surface area (TPSA) is 6.48 Å². The van der Waals surface area contributed by atoms with Gasteiger partial charge in [0, 0.05) is 18.6 Å². The summed E-state index contributed by atoms with van der Waals surface area (Å²) in [7, 11) is 2.37. The van der Waals surface area contributed by atoms with Gasteiger partial charge >= 0.3 is 0 Å². The lowest BCUT2D eigenvalue weighted by atomic mass is 9.84. The molecule has 0 aromatic heterocycles. The maximum absolute atomic E-state index is 2.77. The summed E-state index contributed by atoms with van der Waals surface area (Å²) in [5, 5.41) is 0. The molecule has 3 aliphatic rings. The number of likely N-dealkylation sites (tertiary alicyclic amines) is 1. The van der Waals surface area contributed by atoms with E-state index in [-0.39, 0.29) is 0 Å². The number of rotatable bonds is 5. The summed E-state index contributed by atoms with van der Waals surface area (Å²) in [5.74, 6) is 2.02. The van der Waals surface area contributed by atoms with E-state index >= 15 is 0 Å². The third-order valence-corrected chi connectivity index (χ3v) is 6.32. The first-order chi connectivity index (χ1) is 9.76. The molecule has 1 aliphatic heterocycles. The van der Waals surface area contributed by atoms with E-state index in [1.54, 1.807) is 0 Å². The first-order valence-corrected chi connectivity index (χ1v) is 9.20. The predicted octanol–water partition coefficient (Wildman–Crippen LogP) is 3.76. The smallest absolute Gasteiger partial charge is 0.00963 e. The Morgan fingerprint density at radius 3 is 1.85 bits per heavy atom. The van der Waals surface area contributed by atoms with Gasteiger partial charge in [-0.15, -0.1) is 0 Å². The molecule has 1 saturated heterocycles. The van der Waals surface area contributed by atoms with Crippen molar-refractivity contribution in [3.63, 3.8) is 0 Å². The third kappa shape index (κ3) is 3.76. The predicted molar refractivity (Wildman–Crippen MR) is 86.0 cm³/mol. The van der Waals surface area contributed by atoms with Crippen LogP contribution in [0.4, 0.5) is 0 Å². The molecule has 0 N–H and O–H groups in total. The van der Waals surface area contributed by atoms with Crippen LogP contribution in [0.2, 0.25) is 0 Å². The summed E-state index contributed by atoms with van der Waals surface area (Å²) in [4.78, 5) is 5.46. The fraction of sp³-hybridized carbons (Fsp3) is 1.00. The normalized spacial score (nSPS) is 33.8. The SMILES string of the molecule is CCC1CCN(CC2CCC(N(C)C3CC3)CC2)CC1. The summed E-state index contributed by atoms with van der Waals surface area (Å²) < 4.78 is 0. The van der Waals surface area contributed by atoms with Crippen molar-refractivity contribution in [1.82, 2.24) is 9.80 Å². The van der Waals surface area contributed by atoms with Gasteiger partial charge in [0.1, 0.15) is 0 Å². The Hall–Kier alpha value is -0.0800.